The van der Waals surface area contributed by atoms with E-state index >= 15 is 0 Å². The van der Waals surface area contributed by atoms with E-state index in [1.54, 1.807) is 0 Å². The average Bonchev–Trinajstić information content (AvgIpc) is 3.84. The first-order chi connectivity index (χ1) is 29.1. The Morgan fingerprint density at radius 1 is 0.407 bits per heavy atom. The Balaban J connectivity index is 1.16. The fourth-order valence-electron chi connectivity index (χ4n) is 9.17. The number of para-hydroxylation sites is 4. The molecule has 11 rings (SSSR count). The highest BCUT2D eigenvalue weighted by Gasteiger charge is 2.25. The SMILES string of the molecule is Cc1cc(N(c2ccc(-c3ccccc3)c(C)c2)c2ccc(-c3ccccc3-n3c4ccccc4c4ccccc43)c3oc4ccccc4c23)ccc1-c1ccccc1. The first-order valence-corrected chi connectivity index (χ1v) is 20.3. The van der Waals surface area contributed by atoms with E-state index < -0.39 is 0 Å². The van der Waals surface area contributed by atoms with Crippen molar-refractivity contribution in [3.05, 3.63) is 217 Å². The molecule has 3 nitrogen and oxygen atoms in total. The molecule has 11 aromatic rings. The van der Waals surface area contributed by atoms with Gasteiger partial charge in [0.2, 0.25) is 0 Å². The Hall–Kier alpha value is -7.62. The van der Waals surface area contributed by atoms with E-state index in [4.69, 9.17) is 4.42 Å². The topological polar surface area (TPSA) is 21.3 Å². The van der Waals surface area contributed by atoms with Crippen molar-refractivity contribution < 1.29 is 4.42 Å². The zero-order valence-corrected chi connectivity index (χ0v) is 32.9. The van der Waals surface area contributed by atoms with E-state index in [1.165, 1.54) is 55.2 Å². The third kappa shape index (κ3) is 5.74. The first kappa shape index (κ1) is 34.6. The maximum Gasteiger partial charge on any atom is 0.145 e. The summed E-state index contributed by atoms with van der Waals surface area (Å²) in [5, 5.41) is 4.62. The van der Waals surface area contributed by atoms with Gasteiger partial charge in [0.15, 0.2) is 0 Å². The quantitative estimate of drug-likeness (QED) is 0.161. The number of aromatic nitrogens is 1. The minimum absolute atomic E-state index is 0.858. The molecule has 0 amide bonds. The summed E-state index contributed by atoms with van der Waals surface area (Å²) in [6.07, 6.45) is 0. The van der Waals surface area contributed by atoms with Crippen LogP contribution in [0.15, 0.2) is 211 Å². The average molecular weight is 757 g/mol. The molecule has 0 aliphatic carbocycles. The van der Waals surface area contributed by atoms with Crippen LogP contribution < -0.4 is 4.90 Å². The molecule has 9 aromatic carbocycles. The molecule has 0 atom stereocenters. The van der Waals surface area contributed by atoms with Crippen molar-refractivity contribution in [3.8, 4) is 39.1 Å². The van der Waals surface area contributed by atoms with E-state index in [1.807, 2.05) is 0 Å². The molecule has 0 unspecified atom stereocenters. The van der Waals surface area contributed by atoms with Crippen LogP contribution in [0.4, 0.5) is 17.1 Å². The minimum atomic E-state index is 0.858. The molecule has 0 radical (unpaired) electrons. The third-order valence-electron chi connectivity index (χ3n) is 11.9. The molecule has 0 aliphatic rings. The van der Waals surface area contributed by atoms with Gasteiger partial charge in [0, 0.05) is 38.7 Å². The predicted molar refractivity (Wildman–Crippen MR) is 249 cm³/mol. The normalized spacial score (nSPS) is 11.6. The summed E-state index contributed by atoms with van der Waals surface area (Å²) in [6.45, 7) is 4.43. The molecule has 0 bridgehead atoms. The van der Waals surface area contributed by atoms with Gasteiger partial charge in [-0.15, -0.1) is 0 Å². The molecule has 0 saturated carbocycles. The van der Waals surface area contributed by atoms with Crippen molar-refractivity contribution in [3.63, 3.8) is 0 Å². The highest BCUT2D eigenvalue weighted by atomic mass is 16.3. The second kappa shape index (κ2) is 14.1. The Bertz CT molecular complexity index is 3210. The zero-order valence-electron chi connectivity index (χ0n) is 32.9. The second-order valence-corrected chi connectivity index (χ2v) is 15.4. The summed E-state index contributed by atoms with van der Waals surface area (Å²) < 4.78 is 9.42. The van der Waals surface area contributed by atoms with Crippen LogP contribution in [0.25, 0.3) is 82.8 Å². The molecular formula is C56H40N2O. The van der Waals surface area contributed by atoms with Crippen LogP contribution in [0.2, 0.25) is 0 Å². The Kier molecular flexibility index (Phi) is 8.27. The molecule has 0 N–H and O–H groups in total. The van der Waals surface area contributed by atoms with Crippen LogP contribution >= 0.6 is 0 Å². The molecule has 3 heteroatoms. The summed E-state index contributed by atoms with van der Waals surface area (Å²) in [4.78, 5) is 2.41. The third-order valence-corrected chi connectivity index (χ3v) is 11.9. The second-order valence-electron chi connectivity index (χ2n) is 15.4. The van der Waals surface area contributed by atoms with Gasteiger partial charge in [-0.2, -0.15) is 0 Å². The smallest absolute Gasteiger partial charge is 0.145 e. The molecule has 0 aliphatic heterocycles. The largest absolute Gasteiger partial charge is 0.455 e. The lowest BCUT2D eigenvalue weighted by Gasteiger charge is -2.28. The van der Waals surface area contributed by atoms with Gasteiger partial charge in [0.05, 0.1) is 27.8 Å². The zero-order chi connectivity index (χ0) is 39.5. The predicted octanol–water partition coefficient (Wildman–Crippen LogP) is 15.8. The lowest BCUT2D eigenvalue weighted by molar-refractivity contribution is 0.670. The van der Waals surface area contributed by atoms with Gasteiger partial charge < -0.3 is 13.9 Å². The number of furan rings is 1. The summed E-state index contributed by atoms with van der Waals surface area (Å²) in [5.74, 6) is 0. The minimum Gasteiger partial charge on any atom is -0.455 e. The Morgan fingerprint density at radius 2 is 0.898 bits per heavy atom. The van der Waals surface area contributed by atoms with Crippen molar-refractivity contribution >= 4 is 60.8 Å². The van der Waals surface area contributed by atoms with Crippen LogP contribution in [-0.4, -0.2) is 4.57 Å². The summed E-state index contributed by atoms with van der Waals surface area (Å²) in [6, 6.07) is 74.1. The molecule has 0 fully saturated rings. The summed E-state index contributed by atoms with van der Waals surface area (Å²) >= 11 is 0. The summed E-state index contributed by atoms with van der Waals surface area (Å²) in [5.41, 5.74) is 17.8. The fourth-order valence-corrected chi connectivity index (χ4v) is 9.17. The highest BCUT2D eigenvalue weighted by Crippen LogP contribution is 2.48. The maximum absolute atomic E-state index is 7.01. The van der Waals surface area contributed by atoms with E-state index in [-0.39, 0.29) is 0 Å². The van der Waals surface area contributed by atoms with Gasteiger partial charge >= 0.3 is 0 Å². The van der Waals surface area contributed by atoms with Gasteiger partial charge in [-0.05, 0) is 108 Å². The molecule has 2 aromatic heterocycles. The molecule has 59 heavy (non-hydrogen) atoms. The van der Waals surface area contributed by atoms with Crippen molar-refractivity contribution in [1.29, 1.82) is 0 Å². The van der Waals surface area contributed by atoms with Crippen LogP contribution in [0.3, 0.4) is 0 Å². The number of benzene rings is 9. The van der Waals surface area contributed by atoms with E-state index in [0.717, 1.165) is 55.8 Å². The maximum atomic E-state index is 7.01. The number of fused-ring (bicyclic) bond motifs is 6. The van der Waals surface area contributed by atoms with Crippen molar-refractivity contribution in [2.45, 2.75) is 13.8 Å². The standard InChI is InChI=1S/C56H40N2O/c1-37-35-41(29-31-43(37)39-17-5-3-6-18-39)57(42-30-32-44(38(2)36-42)40-19-7-4-8-20-40)53-34-33-48(56-55(53)49-24-12-16-28-54(49)59-56)47-23-11-15-27-52(47)58-50-25-13-9-21-45(50)46-22-10-14-26-51(46)58/h3-36H,1-2H3. The van der Waals surface area contributed by atoms with Crippen molar-refractivity contribution in [2.24, 2.45) is 0 Å². The fraction of sp³-hybridized carbons (Fsp3) is 0.0357. The molecule has 0 spiro atoms. The number of nitrogens with zero attached hydrogens (tertiary/aromatic N) is 2. The van der Waals surface area contributed by atoms with Crippen LogP contribution in [0, 0.1) is 13.8 Å². The lowest BCUT2D eigenvalue weighted by atomic mass is 9.96. The van der Waals surface area contributed by atoms with E-state index in [0.29, 0.717) is 0 Å². The van der Waals surface area contributed by atoms with Crippen molar-refractivity contribution in [2.75, 3.05) is 4.90 Å². The number of hydrogen-bond donors (Lipinski definition) is 0. The van der Waals surface area contributed by atoms with Crippen LogP contribution in [-0.2, 0) is 0 Å². The van der Waals surface area contributed by atoms with Gasteiger partial charge in [-0.3, -0.25) is 0 Å². The monoisotopic (exact) mass is 756 g/mol. The molecule has 2 heterocycles. The number of anilines is 3. The van der Waals surface area contributed by atoms with Gasteiger partial charge in [-0.1, -0.05) is 146 Å². The number of hydrogen-bond acceptors (Lipinski definition) is 2. The van der Waals surface area contributed by atoms with Crippen LogP contribution in [0.5, 0.6) is 0 Å². The highest BCUT2D eigenvalue weighted by molar-refractivity contribution is 6.18. The summed E-state index contributed by atoms with van der Waals surface area (Å²) in [7, 11) is 0. The lowest BCUT2D eigenvalue weighted by Crippen LogP contribution is -2.11. The van der Waals surface area contributed by atoms with E-state index in [2.05, 4.69) is 230 Å². The Labute approximate surface area is 343 Å². The molecule has 280 valence electrons. The van der Waals surface area contributed by atoms with Crippen LogP contribution in [0.1, 0.15) is 11.1 Å². The van der Waals surface area contributed by atoms with E-state index in [9.17, 15) is 0 Å². The van der Waals surface area contributed by atoms with Gasteiger partial charge in [-0.25, -0.2) is 0 Å². The molecular weight excluding hydrogens is 717 g/mol. The van der Waals surface area contributed by atoms with Gasteiger partial charge in [0.25, 0.3) is 0 Å². The molecule has 0 saturated heterocycles. The van der Waals surface area contributed by atoms with Gasteiger partial charge in [0.1, 0.15) is 11.2 Å². The number of aryl methyl sites for hydroxylation is 2. The van der Waals surface area contributed by atoms with Crippen molar-refractivity contribution in [1.82, 2.24) is 4.57 Å². The number of rotatable bonds is 7. The Morgan fingerprint density at radius 3 is 1.49 bits per heavy atom. The first-order valence-electron chi connectivity index (χ1n) is 20.3.